The number of alkyl halides is 6. The Balaban J connectivity index is 0.000000517. The van der Waals surface area contributed by atoms with Gasteiger partial charge in [-0.25, -0.2) is 9.78 Å². The molecule has 0 aliphatic heterocycles. The van der Waals surface area contributed by atoms with Gasteiger partial charge in [0, 0.05) is 24.3 Å². The molecular weight excluding hydrogens is 562 g/mol. The number of carboxylic acid groups (broad SMARTS) is 1. The van der Waals surface area contributed by atoms with Gasteiger partial charge in [0.2, 0.25) is 0 Å². The maximum Gasteiger partial charge on any atom is 0.490 e. The van der Waals surface area contributed by atoms with E-state index in [-0.39, 0.29) is 0 Å². The van der Waals surface area contributed by atoms with Gasteiger partial charge < -0.3 is 21.1 Å². The minimum atomic E-state index is -5.08. The van der Waals surface area contributed by atoms with Gasteiger partial charge in [0.05, 0.1) is 16.6 Å². The Morgan fingerprint density at radius 2 is 1.38 bits per heavy atom. The van der Waals surface area contributed by atoms with Gasteiger partial charge in [-0.3, -0.25) is 0 Å². The van der Waals surface area contributed by atoms with Crippen molar-refractivity contribution in [1.82, 2.24) is 15.3 Å². The van der Waals surface area contributed by atoms with Crippen LogP contribution in [0.2, 0.25) is 0 Å². The number of rotatable bonds is 6. The second-order valence-electron chi connectivity index (χ2n) is 9.24. The average molecular weight is 587 g/mol. The number of nitrogens with two attached hydrogens (primary N) is 1. The number of fused-ring (bicyclic) bond motifs is 1. The topological polar surface area (TPSA) is 104 Å². The number of anilines is 1. The molecule has 6 nitrogen and oxygen atoms in total. The molecule has 0 amide bonds. The third kappa shape index (κ3) is 7.88. The first-order valence-electron chi connectivity index (χ1n) is 12.4. The third-order valence-corrected chi connectivity index (χ3v) is 6.08. The number of carboxylic acids is 1. The summed E-state index contributed by atoms with van der Waals surface area (Å²) in [6, 6.07) is 27.5. The minimum Gasteiger partial charge on any atom is -0.475 e. The molecule has 42 heavy (non-hydrogen) atoms. The molecule has 4 aromatic carbocycles. The molecule has 5 N–H and O–H groups in total. The van der Waals surface area contributed by atoms with Crippen LogP contribution >= 0.6 is 0 Å². The summed E-state index contributed by atoms with van der Waals surface area (Å²) >= 11 is 0. The fourth-order valence-electron chi connectivity index (χ4n) is 4.06. The molecule has 0 aliphatic carbocycles. The molecule has 0 bridgehead atoms. The Kier molecular flexibility index (Phi) is 8.86. The number of aliphatic carboxylic acids is 1. The van der Waals surface area contributed by atoms with E-state index >= 15 is 0 Å². The molecule has 12 heteroatoms. The highest BCUT2D eigenvalue weighted by atomic mass is 19.4. The first-order chi connectivity index (χ1) is 19.8. The van der Waals surface area contributed by atoms with Crippen LogP contribution in [0.5, 0.6) is 0 Å². The Morgan fingerprint density at radius 1 is 0.786 bits per heavy atom. The largest absolute Gasteiger partial charge is 0.490 e. The summed E-state index contributed by atoms with van der Waals surface area (Å²) in [6.07, 6.45) is -9.47. The zero-order chi connectivity index (χ0) is 30.5. The normalized spacial score (nSPS) is 11.7. The van der Waals surface area contributed by atoms with Crippen LogP contribution in [0.15, 0.2) is 91.0 Å². The molecule has 1 aromatic heterocycles. The van der Waals surface area contributed by atoms with Crippen LogP contribution in [0.3, 0.4) is 0 Å². The van der Waals surface area contributed by atoms with Crippen LogP contribution in [-0.4, -0.2) is 27.2 Å². The van der Waals surface area contributed by atoms with Crippen LogP contribution < -0.4 is 11.1 Å². The molecule has 218 valence electrons. The van der Waals surface area contributed by atoms with E-state index in [4.69, 9.17) is 15.6 Å². The van der Waals surface area contributed by atoms with Gasteiger partial charge in [0.25, 0.3) is 0 Å². The number of imidazole rings is 1. The lowest BCUT2D eigenvalue weighted by molar-refractivity contribution is -0.192. The fourth-order valence-corrected chi connectivity index (χ4v) is 4.06. The van der Waals surface area contributed by atoms with Crippen molar-refractivity contribution in [2.24, 2.45) is 0 Å². The Morgan fingerprint density at radius 3 is 1.98 bits per heavy atom. The van der Waals surface area contributed by atoms with Crippen LogP contribution in [0.4, 0.5) is 32.0 Å². The molecule has 0 fully saturated rings. The van der Waals surface area contributed by atoms with E-state index in [1.54, 1.807) is 0 Å². The fraction of sp³-hybridized carbons (Fsp3) is 0.133. The number of hydrogen-bond acceptors (Lipinski definition) is 4. The number of benzene rings is 4. The van der Waals surface area contributed by atoms with Gasteiger partial charge in [-0.1, -0.05) is 54.6 Å². The Bertz CT molecular complexity index is 1680. The number of nitrogen functional groups attached to an aromatic ring is 1. The zero-order valence-corrected chi connectivity index (χ0v) is 21.7. The molecule has 5 rings (SSSR count). The summed E-state index contributed by atoms with van der Waals surface area (Å²) in [7, 11) is 0. The van der Waals surface area contributed by atoms with E-state index in [0.717, 1.165) is 58.7 Å². The van der Waals surface area contributed by atoms with Crippen molar-refractivity contribution >= 4 is 22.7 Å². The van der Waals surface area contributed by atoms with Gasteiger partial charge in [0.15, 0.2) is 0 Å². The third-order valence-electron chi connectivity index (χ3n) is 6.08. The predicted molar refractivity (Wildman–Crippen MR) is 147 cm³/mol. The van der Waals surface area contributed by atoms with Crippen molar-refractivity contribution in [2.75, 3.05) is 5.73 Å². The lowest BCUT2D eigenvalue weighted by Gasteiger charge is -2.09. The lowest BCUT2D eigenvalue weighted by atomic mass is 10.0. The quantitative estimate of drug-likeness (QED) is 0.122. The maximum absolute atomic E-state index is 13.0. The molecule has 0 radical (unpaired) electrons. The molecule has 5 aromatic rings. The summed E-state index contributed by atoms with van der Waals surface area (Å²) in [4.78, 5) is 16.3. The summed E-state index contributed by atoms with van der Waals surface area (Å²) in [5.41, 5.74) is 12.0. The number of halogens is 6. The Hall–Kier alpha value is -4.84. The van der Waals surface area contributed by atoms with Crippen molar-refractivity contribution in [1.29, 1.82) is 0 Å². The molecule has 0 saturated carbocycles. The maximum atomic E-state index is 13.0. The molecule has 0 saturated heterocycles. The second kappa shape index (κ2) is 12.4. The molecule has 0 unspecified atom stereocenters. The summed E-state index contributed by atoms with van der Waals surface area (Å²) < 4.78 is 70.7. The van der Waals surface area contributed by atoms with Crippen molar-refractivity contribution in [3.05, 3.63) is 108 Å². The first-order valence-corrected chi connectivity index (χ1v) is 12.4. The number of nitrogens with one attached hydrogen (secondary N) is 2. The highest BCUT2D eigenvalue weighted by Gasteiger charge is 2.38. The highest BCUT2D eigenvalue weighted by Crippen LogP contribution is 2.32. The molecule has 0 atom stereocenters. The molecular formula is C30H24F6N4O2. The number of hydrogen-bond donors (Lipinski definition) is 4. The monoisotopic (exact) mass is 586 g/mol. The molecule has 0 aliphatic rings. The minimum absolute atomic E-state index is 0.359. The van der Waals surface area contributed by atoms with Gasteiger partial charge in [-0.05, 0) is 58.7 Å². The summed E-state index contributed by atoms with van der Waals surface area (Å²) in [5.74, 6) is -2.22. The van der Waals surface area contributed by atoms with Crippen molar-refractivity contribution in [2.45, 2.75) is 25.4 Å². The van der Waals surface area contributed by atoms with Gasteiger partial charge in [-0.2, -0.15) is 26.3 Å². The van der Waals surface area contributed by atoms with E-state index in [2.05, 4.69) is 33.5 Å². The van der Waals surface area contributed by atoms with E-state index in [9.17, 15) is 26.3 Å². The molecule has 0 spiro atoms. The van der Waals surface area contributed by atoms with Crippen molar-refractivity contribution in [3.63, 3.8) is 0 Å². The molecule has 1 heterocycles. The number of carbonyl (C=O) groups is 1. The predicted octanol–water partition coefficient (Wildman–Crippen LogP) is 7.42. The first kappa shape index (κ1) is 30.1. The summed E-state index contributed by atoms with van der Waals surface area (Å²) in [6.45, 7) is 1.45. The lowest BCUT2D eigenvalue weighted by Crippen LogP contribution is -2.21. The van der Waals surface area contributed by atoms with Gasteiger partial charge in [-0.15, -0.1) is 0 Å². The summed E-state index contributed by atoms with van der Waals surface area (Å²) in [5, 5.41) is 10.6. The number of H-pyrrole nitrogens is 1. The van der Waals surface area contributed by atoms with Gasteiger partial charge >= 0.3 is 18.3 Å². The standard InChI is InChI=1S/C28H23F3N4.C2HF3O2/c29-28(30,31)23-11-12-25-26(15-23)35-27(34-25)21-9-7-20(8-10-21)22-5-1-3-18(13-22)16-33-17-19-4-2-6-24(32)14-19;3-2(4,5)1(6)7/h1-15,33H,16-17,32H2,(H,34,35);(H,6,7). The smallest absolute Gasteiger partial charge is 0.475 e. The number of aromatic amines is 1. The highest BCUT2D eigenvalue weighted by molar-refractivity contribution is 5.80. The number of aromatic nitrogens is 2. The SMILES string of the molecule is Nc1cccc(CNCc2cccc(-c3ccc(-c4nc5ccc(C(F)(F)F)cc5[nH]4)cc3)c2)c1.O=C(O)C(F)(F)F. The van der Waals surface area contributed by atoms with E-state index in [1.807, 2.05) is 54.6 Å². The van der Waals surface area contributed by atoms with E-state index in [1.165, 1.54) is 6.07 Å². The van der Waals surface area contributed by atoms with Crippen LogP contribution in [-0.2, 0) is 24.1 Å². The average Bonchev–Trinajstić information content (AvgIpc) is 3.37. The van der Waals surface area contributed by atoms with Crippen LogP contribution in [0.25, 0.3) is 33.5 Å². The Labute approximate surface area is 235 Å². The van der Waals surface area contributed by atoms with Crippen LogP contribution in [0, 0.1) is 0 Å². The van der Waals surface area contributed by atoms with Crippen molar-refractivity contribution < 1.29 is 36.2 Å². The van der Waals surface area contributed by atoms with Gasteiger partial charge in [0.1, 0.15) is 5.82 Å². The second-order valence-corrected chi connectivity index (χ2v) is 9.24. The van der Waals surface area contributed by atoms with Crippen LogP contribution in [0.1, 0.15) is 16.7 Å². The van der Waals surface area contributed by atoms with E-state index in [0.29, 0.717) is 16.9 Å². The van der Waals surface area contributed by atoms with E-state index < -0.39 is 23.9 Å². The van der Waals surface area contributed by atoms with Crippen molar-refractivity contribution in [3.8, 4) is 22.5 Å². The zero-order valence-electron chi connectivity index (χ0n) is 21.7. The number of nitrogens with zero attached hydrogens (tertiary/aromatic N) is 1.